The fourth-order valence-electron chi connectivity index (χ4n) is 3.47. The molecule has 27 heavy (non-hydrogen) atoms. The Balaban J connectivity index is 1.71. The maximum absolute atomic E-state index is 3.54. The van der Waals surface area contributed by atoms with Gasteiger partial charge in [-0.05, 0) is 54.6 Å². The van der Waals surface area contributed by atoms with Crippen LogP contribution < -0.4 is 4.90 Å². The molecule has 1 aromatic heterocycles. The molecule has 0 spiro atoms. The van der Waals surface area contributed by atoms with Crippen LogP contribution in [0.2, 0.25) is 0 Å². The Morgan fingerprint density at radius 3 is 2.00 bits per heavy atom. The summed E-state index contributed by atoms with van der Waals surface area (Å²) >= 11 is 5.39. The summed E-state index contributed by atoms with van der Waals surface area (Å²) in [5.41, 5.74) is 3.47. The summed E-state index contributed by atoms with van der Waals surface area (Å²) in [6.07, 6.45) is 0. The number of halogens is 1. The summed E-state index contributed by atoms with van der Waals surface area (Å²) in [7, 11) is 0. The highest BCUT2D eigenvalue weighted by atomic mass is 79.9. The van der Waals surface area contributed by atoms with E-state index in [1.54, 1.807) is 0 Å². The van der Waals surface area contributed by atoms with Gasteiger partial charge in [0, 0.05) is 41.7 Å². The van der Waals surface area contributed by atoms with Crippen LogP contribution in [-0.2, 0) is 0 Å². The minimum atomic E-state index is 1.08. The lowest BCUT2D eigenvalue weighted by Crippen LogP contribution is -2.09. The summed E-state index contributed by atoms with van der Waals surface area (Å²) in [5, 5.41) is 2.65. The lowest BCUT2D eigenvalue weighted by atomic mass is 10.1. The van der Waals surface area contributed by atoms with Gasteiger partial charge in [0.05, 0.1) is 0 Å². The van der Waals surface area contributed by atoms with Gasteiger partial charge in [0.15, 0.2) is 0 Å². The first-order valence-electron chi connectivity index (χ1n) is 8.82. The molecule has 0 unspecified atom stereocenters. The van der Waals surface area contributed by atoms with Crippen molar-refractivity contribution in [1.29, 1.82) is 0 Å². The largest absolute Gasteiger partial charge is 0.310 e. The summed E-state index contributed by atoms with van der Waals surface area (Å²) in [5.74, 6) is 0. The van der Waals surface area contributed by atoms with Crippen LogP contribution in [0.1, 0.15) is 0 Å². The Bertz CT molecular complexity index is 1230. The fourth-order valence-corrected chi connectivity index (χ4v) is 4.87. The molecule has 0 aliphatic heterocycles. The van der Waals surface area contributed by atoms with Gasteiger partial charge in [-0.1, -0.05) is 58.4 Å². The molecule has 5 aromatic rings. The molecule has 1 heterocycles. The second kappa shape index (κ2) is 6.84. The number of anilines is 3. The summed E-state index contributed by atoms with van der Waals surface area (Å²) in [4.78, 5) is 2.30. The summed E-state index contributed by atoms with van der Waals surface area (Å²) in [6, 6.07) is 34.4. The molecular weight excluding hydrogens is 414 g/mol. The molecule has 0 radical (unpaired) electrons. The van der Waals surface area contributed by atoms with Crippen LogP contribution >= 0.6 is 27.3 Å². The predicted molar refractivity (Wildman–Crippen MR) is 122 cm³/mol. The third kappa shape index (κ3) is 3.03. The van der Waals surface area contributed by atoms with Gasteiger partial charge in [-0.2, -0.15) is 0 Å². The number of para-hydroxylation sites is 1. The minimum absolute atomic E-state index is 1.08. The predicted octanol–water partition coefficient (Wildman–Crippen LogP) is 8.29. The third-order valence-electron chi connectivity index (χ3n) is 4.72. The highest BCUT2D eigenvalue weighted by Gasteiger charge is 2.14. The van der Waals surface area contributed by atoms with Gasteiger partial charge in [-0.3, -0.25) is 0 Å². The van der Waals surface area contributed by atoms with Crippen LogP contribution in [0, 0.1) is 0 Å². The van der Waals surface area contributed by atoms with Crippen molar-refractivity contribution < 1.29 is 0 Å². The molecule has 5 rings (SSSR count). The number of hydrogen-bond donors (Lipinski definition) is 0. The maximum atomic E-state index is 3.54. The van der Waals surface area contributed by atoms with E-state index >= 15 is 0 Å². The van der Waals surface area contributed by atoms with Crippen LogP contribution in [0.4, 0.5) is 17.1 Å². The zero-order valence-electron chi connectivity index (χ0n) is 14.5. The first-order chi connectivity index (χ1) is 13.3. The van der Waals surface area contributed by atoms with E-state index in [-0.39, 0.29) is 0 Å². The Kier molecular flexibility index (Phi) is 4.19. The van der Waals surface area contributed by atoms with Gasteiger partial charge < -0.3 is 4.90 Å². The molecule has 0 saturated heterocycles. The number of fused-ring (bicyclic) bond motifs is 3. The van der Waals surface area contributed by atoms with E-state index in [0.717, 1.165) is 15.8 Å². The number of thiophene rings is 1. The number of benzene rings is 4. The van der Waals surface area contributed by atoms with Gasteiger partial charge in [-0.15, -0.1) is 11.3 Å². The van der Waals surface area contributed by atoms with Crippen molar-refractivity contribution in [3.05, 3.63) is 102 Å². The Morgan fingerprint density at radius 2 is 1.19 bits per heavy atom. The summed E-state index contributed by atoms with van der Waals surface area (Å²) in [6.45, 7) is 0. The first kappa shape index (κ1) is 16.5. The molecule has 3 heteroatoms. The SMILES string of the molecule is Brc1ccc(N(c2ccccc2)c2ccc3c(c2)sc2ccccc23)cc1. The molecule has 4 aromatic carbocycles. The molecule has 1 nitrogen and oxygen atoms in total. The Labute approximate surface area is 170 Å². The van der Waals surface area contributed by atoms with E-state index in [2.05, 4.69) is 118 Å². The molecular formula is C24H16BrNS. The highest BCUT2D eigenvalue weighted by Crippen LogP contribution is 2.40. The zero-order chi connectivity index (χ0) is 18.2. The quantitative estimate of drug-likeness (QED) is 0.278. The Hall–Kier alpha value is -2.62. The third-order valence-corrected chi connectivity index (χ3v) is 6.38. The van der Waals surface area contributed by atoms with Crippen molar-refractivity contribution in [2.45, 2.75) is 0 Å². The normalized spacial score (nSPS) is 11.1. The van der Waals surface area contributed by atoms with Crippen LogP contribution in [0.25, 0.3) is 20.2 Å². The van der Waals surface area contributed by atoms with Crippen LogP contribution in [0.15, 0.2) is 102 Å². The second-order valence-electron chi connectivity index (χ2n) is 6.43. The van der Waals surface area contributed by atoms with Crippen molar-refractivity contribution in [1.82, 2.24) is 0 Å². The van der Waals surface area contributed by atoms with E-state index in [4.69, 9.17) is 0 Å². The van der Waals surface area contributed by atoms with E-state index in [1.165, 1.54) is 25.9 Å². The van der Waals surface area contributed by atoms with Crippen molar-refractivity contribution in [3.63, 3.8) is 0 Å². The molecule has 0 aliphatic rings. The van der Waals surface area contributed by atoms with Gasteiger partial charge >= 0.3 is 0 Å². The molecule has 0 fully saturated rings. The number of rotatable bonds is 3. The maximum Gasteiger partial charge on any atom is 0.0476 e. The monoisotopic (exact) mass is 429 g/mol. The lowest BCUT2D eigenvalue weighted by Gasteiger charge is -2.25. The van der Waals surface area contributed by atoms with E-state index in [9.17, 15) is 0 Å². The average Bonchev–Trinajstić information content (AvgIpc) is 3.08. The number of hydrogen-bond acceptors (Lipinski definition) is 2. The lowest BCUT2D eigenvalue weighted by molar-refractivity contribution is 1.29. The molecule has 0 atom stereocenters. The van der Waals surface area contributed by atoms with Gasteiger partial charge in [-0.25, -0.2) is 0 Å². The van der Waals surface area contributed by atoms with E-state index < -0.39 is 0 Å². The Morgan fingerprint density at radius 1 is 0.556 bits per heavy atom. The molecule has 130 valence electrons. The van der Waals surface area contributed by atoms with E-state index in [0.29, 0.717) is 0 Å². The second-order valence-corrected chi connectivity index (χ2v) is 8.43. The standard InChI is InChI=1S/C24H16BrNS/c25-17-10-12-19(13-11-17)26(18-6-2-1-3-7-18)20-14-15-22-21-8-4-5-9-23(21)27-24(22)16-20/h1-16H. The number of nitrogens with zero attached hydrogens (tertiary/aromatic N) is 1. The van der Waals surface area contributed by atoms with Crippen LogP contribution in [0.5, 0.6) is 0 Å². The molecule has 0 bridgehead atoms. The van der Waals surface area contributed by atoms with E-state index in [1.807, 2.05) is 11.3 Å². The van der Waals surface area contributed by atoms with Crippen molar-refractivity contribution in [2.24, 2.45) is 0 Å². The zero-order valence-corrected chi connectivity index (χ0v) is 16.9. The van der Waals surface area contributed by atoms with Gasteiger partial charge in [0.1, 0.15) is 0 Å². The van der Waals surface area contributed by atoms with Gasteiger partial charge in [0.2, 0.25) is 0 Å². The minimum Gasteiger partial charge on any atom is -0.310 e. The first-order valence-corrected chi connectivity index (χ1v) is 10.4. The molecule has 0 saturated carbocycles. The smallest absolute Gasteiger partial charge is 0.0476 e. The van der Waals surface area contributed by atoms with Crippen molar-refractivity contribution in [3.8, 4) is 0 Å². The topological polar surface area (TPSA) is 3.24 Å². The average molecular weight is 430 g/mol. The highest BCUT2D eigenvalue weighted by molar-refractivity contribution is 9.10. The molecule has 0 amide bonds. The van der Waals surface area contributed by atoms with Crippen molar-refractivity contribution >= 4 is 64.5 Å². The molecule has 0 N–H and O–H groups in total. The summed E-state index contributed by atoms with van der Waals surface area (Å²) < 4.78 is 3.73. The van der Waals surface area contributed by atoms with Crippen LogP contribution in [0.3, 0.4) is 0 Å². The van der Waals surface area contributed by atoms with Gasteiger partial charge in [0.25, 0.3) is 0 Å². The van der Waals surface area contributed by atoms with Crippen LogP contribution in [-0.4, -0.2) is 0 Å². The van der Waals surface area contributed by atoms with Crippen molar-refractivity contribution in [2.75, 3.05) is 4.90 Å². The molecule has 0 aliphatic carbocycles. The fraction of sp³-hybridized carbons (Fsp3) is 0.